The first kappa shape index (κ1) is 20.3. The van der Waals surface area contributed by atoms with Crippen LogP contribution in [0.4, 0.5) is 0 Å². The maximum absolute atomic E-state index is 12.8. The Kier molecular flexibility index (Phi) is 5.96. The van der Waals surface area contributed by atoms with Gasteiger partial charge in [-0.25, -0.2) is 13.2 Å². The zero-order chi connectivity index (χ0) is 19.8. The van der Waals surface area contributed by atoms with Crippen LogP contribution in [0.2, 0.25) is 0 Å². The lowest BCUT2D eigenvalue weighted by molar-refractivity contribution is -0.141. The van der Waals surface area contributed by atoms with Gasteiger partial charge in [-0.3, -0.25) is 4.79 Å². The van der Waals surface area contributed by atoms with Gasteiger partial charge in [-0.05, 0) is 51.0 Å². The van der Waals surface area contributed by atoms with Crippen LogP contribution < -0.4 is 0 Å². The summed E-state index contributed by atoms with van der Waals surface area (Å²) in [6.07, 6.45) is 2.42. The number of hydrogen-bond acceptors (Lipinski definition) is 6. The van der Waals surface area contributed by atoms with Gasteiger partial charge in [0, 0.05) is 22.8 Å². The average molecular weight is 414 g/mol. The molecule has 1 aromatic heterocycles. The number of carbonyl (C=O) groups is 2. The largest absolute Gasteiger partial charge is 0.449 e. The van der Waals surface area contributed by atoms with Crippen LogP contribution in [0, 0.1) is 5.92 Å². The summed E-state index contributed by atoms with van der Waals surface area (Å²) >= 11 is 1.59. The number of carbonyl (C=O) groups excluding carboxylic acids is 2. The van der Waals surface area contributed by atoms with Crippen LogP contribution in [0.5, 0.6) is 0 Å². The Morgan fingerprint density at radius 1 is 1.37 bits per heavy atom. The van der Waals surface area contributed by atoms with Gasteiger partial charge in [-0.2, -0.15) is 0 Å². The zero-order valence-electron chi connectivity index (χ0n) is 16.1. The number of thiophene rings is 1. The molecule has 0 spiro atoms. The number of esters is 1. The van der Waals surface area contributed by atoms with Crippen molar-refractivity contribution in [3.8, 4) is 0 Å². The number of ether oxygens (including phenoxy) is 1. The molecule has 0 bridgehead atoms. The molecule has 1 saturated heterocycles. The Hall–Kier alpha value is -1.41. The maximum Gasteiger partial charge on any atom is 0.340 e. The fourth-order valence-corrected chi connectivity index (χ4v) is 6.94. The van der Waals surface area contributed by atoms with E-state index in [4.69, 9.17) is 4.74 Å². The van der Waals surface area contributed by atoms with Gasteiger partial charge >= 0.3 is 5.97 Å². The van der Waals surface area contributed by atoms with Crippen LogP contribution in [0.25, 0.3) is 0 Å². The fourth-order valence-electron chi connectivity index (χ4n) is 3.97. The van der Waals surface area contributed by atoms with E-state index in [2.05, 4.69) is 6.92 Å². The van der Waals surface area contributed by atoms with Gasteiger partial charge in [0.25, 0.3) is 5.91 Å². The third kappa shape index (κ3) is 4.37. The Bertz CT molecular complexity index is 829. The minimum absolute atomic E-state index is 0.0104. The molecule has 0 unspecified atom stereocenters. The molecule has 0 radical (unpaired) electrons. The highest BCUT2D eigenvalue weighted by Gasteiger charge is 2.36. The highest BCUT2D eigenvalue weighted by Crippen LogP contribution is 2.33. The molecular weight excluding hydrogens is 386 g/mol. The molecular formula is C19H27NO5S2. The van der Waals surface area contributed by atoms with E-state index in [0.717, 1.165) is 24.8 Å². The van der Waals surface area contributed by atoms with Crippen molar-refractivity contribution in [3.63, 3.8) is 0 Å². The summed E-state index contributed by atoms with van der Waals surface area (Å²) < 4.78 is 28.9. The third-order valence-electron chi connectivity index (χ3n) is 5.53. The lowest BCUT2D eigenvalue weighted by Crippen LogP contribution is -2.46. The molecule has 2 heterocycles. The second kappa shape index (κ2) is 7.91. The normalized spacial score (nSPS) is 24.9. The van der Waals surface area contributed by atoms with Crippen molar-refractivity contribution in [3.05, 3.63) is 21.4 Å². The summed E-state index contributed by atoms with van der Waals surface area (Å²) in [5, 5.41) is 1.84. The van der Waals surface area contributed by atoms with Crippen LogP contribution in [-0.2, 0) is 32.2 Å². The Labute approximate surface area is 164 Å². The van der Waals surface area contributed by atoms with Gasteiger partial charge in [-0.1, -0.05) is 6.92 Å². The molecule has 8 heteroatoms. The van der Waals surface area contributed by atoms with Crippen molar-refractivity contribution < 1.29 is 22.7 Å². The van der Waals surface area contributed by atoms with E-state index in [1.807, 2.05) is 12.3 Å². The van der Waals surface area contributed by atoms with E-state index in [1.165, 1.54) is 9.78 Å². The highest BCUT2D eigenvalue weighted by atomic mass is 32.2. The van der Waals surface area contributed by atoms with Crippen LogP contribution in [0.1, 0.15) is 54.4 Å². The van der Waals surface area contributed by atoms with E-state index >= 15 is 0 Å². The monoisotopic (exact) mass is 413 g/mol. The molecule has 3 rings (SSSR count). The number of hydrogen-bond donors (Lipinski definition) is 0. The molecule has 2 aliphatic rings. The maximum atomic E-state index is 12.8. The van der Waals surface area contributed by atoms with Gasteiger partial charge in [0.15, 0.2) is 15.9 Å². The molecule has 0 saturated carbocycles. The van der Waals surface area contributed by atoms with E-state index in [1.54, 1.807) is 18.3 Å². The average Bonchev–Trinajstić information content (AvgIpc) is 3.18. The first-order chi connectivity index (χ1) is 12.7. The SMILES string of the molecule is CCN(C(=O)[C@H](C)OC(=O)c1csc2c1CC[C@@H](C)C2)[C@H]1CCS(=O)(=O)C1. The van der Waals surface area contributed by atoms with Crippen molar-refractivity contribution in [2.24, 2.45) is 5.92 Å². The molecule has 1 aliphatic carbocycles. The second-order valence-electron chi connectivity index (χ2n) is 7.63. The summed E-state index contributed by atoms with van der Waals surface area (Å²) in [4.78, 5) is 28.2. The van der Waals surface area contributed by atoms with Gasteiger partial charge < -0.3 is 9.64 Å². The smallest absolute Gasteiger partial charge is 0.340 e. The topological polar surface area (TPSA) is 80.8 Å². The molecule has 1 aromatic rings. The number of fused-ring (bicyclic) bond motifs is 1. The quantitative estimate of drug-likeness (QED) is 0.693. The lowest BCUT2D eigenvalue weighted by Gasteiger charge is -2.29. The lowest BCUT2D eigenvalue weighted by atomic mass is 9.88. The van der Waals surface area contributed by atoms with Crippen molar-refractivity contribution in [2.75, 3.05) is 18.1 Å². The molecule has 3 atom stereocenters. The van der Waals surface area contributed by atoms with Crippen LogP contribution in [0.3, 0.4) is 0 Å². The number of nitrogens with zero attached hydrogens (tertiary/aromatic N) is 1. The predicted octanol–water partition coefficient (Wildman–Crippen LogP) is 2.45. The van der Waals surface area contributed by atoms with E-state index in [9.17, 15) is 18.0 Å². The first-order valence-electron chi connectivity index (χ1n) is 9.53. The summed E-state index contributed by atoms with van der Waals surface area (Å²) in [5.41, 5.74) is 1.64. The molecule has 1 amide bonds. The van der Waals surface area contributed by atoms with E-state index < -0.39 is 21.9 Å². The summed E-state index contributed by atoms with van der Waals surface area (Å²) in [6.45, 7) is 5.98. The van der Waals surface area contributed by atoms with Crippen LogP contribution >= 0.6 is 11.3 Å². The molecule has 1 aliphatic heterocycles. The number of likely N-dealkylation sites (N-methyl/N-ethyl adjacent to an activating group) is 1. The standard InChI is InChI=1S/C19H27NO5S2/c1-4-20(14-7-8-27(23,24)11-14)18(21)13(3)25-19(22)16-10-26-17-9-12(2)5-6-15(16)17/h10,12-14H,4-9,11H2,1-3H3/t12-,13+,14+/m1/s1. The minimum Gasteiger partial charge on any atom is -0.449 e. The molecule has 1 fully saturated rings. The van der Waals surface area contributed by atoms with E-state index in [-0.39, 0.29) is 23.5 Å². The number of amides is 1. The van der Waals surface area contributed by atoms with Crippen LogP contribution in [0.15, 0.2) is 5.38 Å². The number of sulfone groups is 1. The molecule has 150 valence electrons. The van der Waals surface area contributed by atoms with Crippen molar-refractivity contribution in [1.29, 1.82) is 0 Å². The molecule has 0 N–H and O–H groups in total. The van der Waals surface area contributed by atoms with Crippen molar-refractivity contribution >= 4 is 33.1 Å². The fraction of sp³-hybridized carbons (Fsp3) is 0.684. The van der Waals surface area contributed by atoms with E-state index in [0.29, 0.717) is 24.4 Å². The second-order valence-corrected chi connectivity index (χ2v) is 10.8. The Balaban J connectivity index is 1.66. The number of rotatable bonds is 5. The summed E-state index contributed by atoms with van der Waals surface area (Å²) in [6, 6.07) is -0.330. The molecule has 6 nitrogen and oxygen atoms in total. The van der Waals surface area contributed by atoms with Crippen molar-refractivity contribution in [1.82, 2.24) is 4.90 Å². The van der Waals surface area contributed by atoms with Crippen LogP contribution in [-0.4, -0.2) is 55.4 Å². The van der Waals surface area contributed by atoms with Gasteiger partial charge in [0.05, 0.1) is 17.1 Å². The van der Waals surface area contributed by atoms with Gasteiger partial charge in [0.1, 0.15) is 0 Å². The molecule has 0 aromatic carbocycles. The zero-order valence-corrected chi connectivity index (χ0v) is 17.7. The highest BCUT2D eigenvalue weighted by molar-refractivity contribution is 7.91. The Morgan fingerprint density at radius 2 is 2.11 bits per heavy atom. The van der Waals surface area contributed by atoms with Gasteiger partial charge in [0.2, 0.25) is 0 Å². The third-order valence-corrected chi connectivity index (χ3v) is 8.33. The van der Waals surface area contributed by atoms with Gasteiger partial charge in [-0.15, -0.1) is 11.3 Å². The first-order valence-corrected chi connectivity index (χ1v) is 12.2. The Morgan fingerprint density at radius 3 is 2.74 bits per heavy atom. The summed E-state index contributed by atoms with van der Waals surface area (Å²) in [7, 11) is -3.08. The predicted molar refractivity (Wildman–Crippen MR) is 105 cm³/mol. The van der Waals surface area contributed by atoms with Crippen molar-refractivity contribution in [2.45, 2.75) is 58.6 Å². The minimum atomic E-state index is -3.08. The summed E-state index contributed by atoms with van der Waals surface area (Å²) in [5.74, 6) is -0.0663. The molecule has 27 heavy (non-hydrogen) atoms.